The van der Waals surface area contributed by atoms with Gasteiger partial charge in [-0.1, -0.05) is 12.1 Å². The van der Waals surface area contributed by atoms with Gasteiger partial charge in [-0.25, -0.2) is 0 Å². The molecule has 1 aliphatic heterocycles. The van der Waals surface area contributed by atoms with Crippen molar-refractivity contribution in [1.29, 1.82) is 0 Å². The first-order valence-corrected chi connectivity index (χ1v) is 7.79. The largest absolute Gasteiger partial charge is 0.355 e. The lowest BCUT2D eigenvalue weighted by Crippen LogP contribution is -2.45. The van der Waals surface area contributed by atoms with Crippen LogP contribution in [-0.4, -0.2) is 47.5 Å². The average molecular weight is 311 g/mol. The van der Waals surface area contributed by atoms with Crippen molar-refractivity contribution < 1.29 is 4.79 Å². The summed E-state index contributed by atoms with van der Waals surface area (Å²) >= 11 is 0. The number of nitrogens with zero attached hydrogens (tertiary/aromatic N) is 3. The number of amides is 1. The number of nitrogens with one attached hydrogen (secondary N) is 2. The van der Waals surface area contributed by atoms with Crippen molar-refractivity contribution >= 4 is 5.91 Å². The molecule has 0 radical (unpaired) electrons. The van der Waals surface area contributed by atoms with Gasteiger partial charge >= 0.3 is 0 Å². The quantitative estimate of drug-likeness (QED) is 0.881. The topological polar surface area (TPSA) is 70.2 Å². The third kappa shape index (κ3) is 3.72. The molecule has 0 spiro atoms. The van der Waals surface area contributed by atoms with E-state index in [2.05, 4.69) is 31.6 Å². The number of piperazine rings is 1. The van der Waals surface area contributed by atoms with E-state index in [9.17, 15) is 4.79 Å². The molecule has 6 nitrogen and oxygen atoms in total. The molecule has 0 unspecified atom stereocenters. The third-order valence-electron chi connectivity index (χ3n) is 4.10. The summed E-state index contributed by atoms with van der Waals surface area (Å²) in [6.45, 7) is 3.50. The Morgan fingerprint density at radius 3 is 3.13 bits per heavy atom. The maximum Gasteiger partial charge on any atom is 0.251 e. The molecule has 2 N–H and O–H groups in total. The van der Waals surface area contributed by atoms with Gasteiger partial charge in [0.2, 0.25) is 0 Å². The Morgan fingerprint density at radius 1 is 1.43 bits per heavy atom. The molecule has 1 aromatic heterocycles. The van der Waals surface area contributed by atoms with Crippen LogP contribution in [0.4, 0.5) is 0 Å². The van der Waals surface area contributed by atoms with Crippen LogP contribution in [0.1, 0.15) is 27.7 Å². The second kappa shape index (κ2) is 7.30. The summed E-state index contributed by atoms with van der Waals surface area (Å²) in [6.07, 6.45) is 5.21. The van der Waals surface area contributed by atoms with Crippen LogP contribution in [0.3, 0.4) is 0 Å². The second-order valence-electron chi connectivity index (χ2n) is 5.59. The summed E-state index contributed by atoms with van der Waals surface area (Å²) in [7, 11) is 1.65. The van der Waals surface area contributed by atoms with Gasteiger partial charge in [-0.05, 0) is 17.7 Å². The Labute approximate surface area is 135 Å². The van der Waals surface area contributed by atoms with E-state index in [1.165, 1.54) is 0 Å². The molecule has 2 aromatic rings. The highest BCUT2D eigenvalue weighted by Gasteiger charge is 2.24. The van der Waals surface area contributed by atoms with Crippen molar-refractivity contribution in [1.82, 2.24) is 25.5 Å². The molecular weight excluding hydrogens is 290 g/mol. The zero-order valence-corrected chi connectivity index (χ0v) is 13.2. The number of carbonyl (C=O) groups is 1. The van der Waals surface area contributed by atoms with Crippen molar-refractivity contribution in [2.45, 2.75) is 12.6 Å². The van der Waals surface area contributed by atoms with Crippen LogP contribution in [0.25, 0.3) is 0 Å². The highest BCUT2D eigenvalue weighted by molar-refractivity contribution is 5.94. The molecule has 0 aliphatic carbocycles. The number of benzene rings is 1. The Kier molecular flexibility index (Phi) is 4.95. The number of rotatable bonds is 4. The van der Waals surface area contributed by atoms with Crippen molar-refractivity contribution in [3.63, 3.8) is 0 Å². The van der Waals surface area contributed by atoms with E-state index in [4.69, 9.17) is 0 Å². The van der Waals surface area contributed by atoms with Gasteiger partial charge in [0, 0.05) is 63.4 Å². The lowest BCUT2D eigenvalue weighted by atomic mass is 10.0. The molecule has 6 heteroatoms. The Bertz CT molecular complexity index is 661. The summed E-state index contributed by atoms with van der Waals surface area (Å²) in [5, 5.41) is 6.11. The van der Waals surface area contributed by atoms with E-state index in [1.807, 2.05) is 18.2 Å². The van der Waals surface area contributed by atoms with E-state index in [0.717, 1.165) is 37.4 Å². The van der Waals surface area contributed by atoms with E-state index >= 15 is 0 Å². The molecule has 1 amide bonds. The highest BCUT2D eigenvalue weighted by atomic mass is 16.1. The maximum atomic E-state index is 11.9. The van der Waals surface area contributed by atoms with Crippen molar-refractivity contribution in [3.8, 4) is 0 Å². The van der Waals surface area contributed by atoms with Gasteiger partial charge < -0.3 is 10.6 Å². The van der Waals surface area contributed by atoms with E-state index in [0.29, 0.717) is 5.56 Å². The Balaban J connectivity index is 1.82. The monoisotopic (exact) mass is 311 g/mol. The van der Waals surface area contributed by atoms with Crippen molar-refractivity contribution in [2.24, 2.45) is 0 Å². The van der Waals surface area contributed by atoms with Crippen LogP contribution in [0.2, 0.25) is 0 Å². The smallest absolute Gasteiger partial charge is 0.251 e. The van der Waals surface area contributed by atoms with Crippen molar-refractivity contribution in [2.75, 3.05) is 26.7 Å². The fourth-order valence-corrected chi connectivity index (χ4v) is 2.92. The maximum absolute atomic E-state index is 11.9. The summed E-state index contributed by atoms with van der Waals surface area (Å²) in [6, 6.07) is 8.05. The fraction of sp³-hybridized carbons (Fsp3) is 0.353. The minimum Gasteiger partial charge on any atom is -0.355 e. The fourth-order valence-electron chi connectivity index (χ4n) is 2.92. The van der Waals surface area contributed by atoms with Gasteiger partial charge in [0.1, 0.15) is 0 Å². The van der Waals surface area contributed by atoms with Crippen LogP contribution in [-0.2, 0) is 6.54 Å². The van der Waals surface area contributed by atoms with Gasteiger partial charge in [-0.15, -0.1) is 0 Å². The highest BCUT2D eigenvalue weighted by Crippen LogP contribution is 2.24. The number of aromatic nitrogens is 2. The molecule has 120 valence electrons. The number of carbonyl (C=O) groups excluding carboxylic acids is 1. The first kappa shape index (κ1) is 15.6. The predicted molar refractivity (Wildman–Crippen MR) is 87.9 cm³/mol. The minimum absolute atomic E-state index is 0.0592. The molecule has 1 aliphatic rings. The third-order valence-corrected chi connectivity index (χ3v) is 4.10. The lowest BCUT2D eigenvalue weighted by Gasteiger charge is -2.36. The molecule has 1 atom stereocenters. The van der Waals surface area contributed by atoms with Gasteiger partial charge in [0.15, 0.2) is 0 Å². The van der Waals surface area contributed by atoms with Gasteiger partial charge in [-0.2, -0.15) is 0 Å². The van der Waals surface area contributed by atoms with E-state index < -0.39 is 0 Å². The van der Waals surface area contributed by atoms with Crippen molar-refractivity contribution in [3.05, 3.63) is 59.7 Å². The molecule has 0 bridgehead atoms. The van der Waals surface area contributed by atoms with Gasteiger partial charge in [-0.3, -0.25) is 19.7 Å². The van der Waals surface area contributed by atoms with Crippen LogP contribution in [0, 0.1) is 0 Å². The van der Waals surface area contributed by atoms with Crippen LogP contribution >= 0.6 is 0 Å². The summed E-state index contributed by atoms with van der Waals surface area (Å²) in [4.78, 5) is 22.8. The average Bonchev–Trinajstić information content (AvgIpc) is 2.62. The molecule has 1 fully saturated rings. The molecular formula is C17H21N5O. The molecule has 23 heavy (non-hydrogen) atoms. The molecule has 1 aromatic carbocycles. The first-order valence-electron chi connectivity index (χ1n) is 7.79. The van der Waals surface area contributed by atoms with Gasteiger partial charge in [0.25, 0.3) is 5.91 Å². The summed E-state index contributed by atoms with van der Waals surface area (Å²) in [5.41, 5.74) is 2.79. The molecule has 0 saturated carbocycles. The van der Waals surface area contributed by atoms with Crippen LogP contribution in [0.15, 0.2) is 42.9 Å². The Hall–Kier alpha value is -2.31. The van der Waals surface area contributed by atoms with E-state index in [-0.39, 0.29) is 11.9 Å². The molecule has 3 rings (SSSR count). The lowest BCUT2D eigenvalue weighted by molar-refractivity contribution is 0.0962. The number of hydrogen-bond acceptors (Lipinski definition) is 5. The van der Waals surface area contributed by atoms with Gasteiger partial charge in [0.05, 0.1) is 5.69 Å². The van der Waals surface area contributed by atoms with Crippen LogP contribution < -0.4 is 10.6 Å². The molecule has 2 heterocycles. The molecule has 1 saturated heterocycles. The number of hydrogen-bond donors (Lipinski definition) is 2. The predicted octanol–water partition coefficient (Wildman–Crippen LogP) is 0.983. The second-order valence-corrected chi connectivity index (χ2v) is 5.59. The first-order chi connectivity index (χ1) is 11.3. The Morgan fingerprint density at radius 2 is 2.35 bits per heavy atom. The zero-order valence-electron chi connectivity index (χ0n) is 13.2. The minimum atomic E-state index is -0.0592. The summed E-state index contributed by atoms with van der Waals surface area (Å²) < 4.78 is 0. The van der Waals surface area contributed by atoms with E-state index in [1.54, 1.807) is 25.6 Å². The SMILES string of the molecule is CNC(=O)c1cccc([C@H]2CNCCN2Cc2cnccn2)c1. The standard InChI is InChI=1S/C17H21N5O/c1-18-17(23)14-4-2-3-13(9-14)16-11-20-7-8-22(16)12-15-10-19-5-6-21-15/h2-6,9-10,16,20H,7-8,11-12H2,1H3,(H,18,23)/t16-/m1/s1. The van der Waals surface area contributed by atoms with Crippen LogP contribution in [0.5, 0.6) is 0 Å². The zero-order chi connectivity index (χ0) is 16.1. The summed E-state index contributed by atoms with van der Waals surface area (Å²) in [5.74, 6) is -0.0592. The normalized spacial score (nSPS) is 18.6.